The third-order valence-electron chi connectivity index (χ3n) is 5.11. The molecule has 5 N–H and O–H groups in total. The smallest absolute Gasteiger partial charge is 0.297 e. The highest BCUT2D eigenvalue weighted by atomic mass is 16.8. The molecule has 0 radical (unpaired) electrons. The fourth-order valence-corrected chi connectivity index (χ4v) is 4.37. The summed E-state index contributed by atoms with van der Waals surface area (Å²) in [5.74, 6) is -2.85. The van der Waals surface area contributed by atoms with E-state index in [1.54, 1.807) is 26.8 Å². The third kappa shape index (κ3) is 1.69. The number of aryl methyl sites for hydroxylation is 1. The number of aliphatic hydroxyl groups is 2. The van der Waals surface area contributed by atoms with E-state index in [4.69, 9.17) is 9.47 Å². The Morgan fingerprint density at radius 2 is 1.88 bits per heavy atom. The van der Waals surface area contributed by atoms with Gasteiger partial charge in [-0.25, -0.2) is 0 Å². The molecule has 3 aliphatic rings. The van der Waals surface area contributed by atoms with Crippen LogP contribution in [-0.4, -0.2) is 43.6 Å². The number of hydrogen-bond acceptors (Lipinski definition) is 6. The fraction of sp³-hybridized carbons (Fsp3) is 0.471. The minimum absolute atomic E-state index is 0. The van der Waals surface area contributed by atoms with Crippen LogP contribution in [0.2, 0.25) is 0 Å². The SMILES string of the molecule is CC1=CC(=O)[C@]2(O)C[C@](C)(O)[C@H]1[C@]21Oc2cc(C)cc(O)c2O1.O. The Kier molecular flexibility index (Phi) is 3.14. The summed E-state index contributed by atoms with van der Waals surface area (Å²) in [5, 5.41) is 31.9. The van der Waals surface area contributed by atoms with Crippen molar-refractivity contribution in [1.82, 2.24) is 0 Å². The van der Waals surface area contributed by atoms with Crippen molar-refractivity contribution in [2.24, 2.45) is 5.92 Å². The van der Waals surface area contributed by atoms with E-state index in [0.717, 1.165) is 5.56 Å². The average Bonchev–Trinajstić information content (AvgIpc) is 2.81. The van der Waals surface area contributed by atoms with Gasteiger partial charge in [-0.1, -0.05) is 5.57 Å². The van der Waals surface area contributed by atoms with E-state index in [1.165, 1.54) is 12.1 Å². The zero-order chi connectivity index (χ0) is 16.8. The molecule has 7 nitrogen and oxygen atoms in total. The Morgan fingerprint density at radius 3 is 2.54 bits per heavy atom. The number of aromatic hydroxyl groups is 1. The van der Waals surface area contributed by atoms with Crippen LogP contribution in [0, 0.1) is 12.8 Å². The molecule has 1 aromatic carbocycles. The summed E-state index contributed by atoms with van der Waals surface area (Å²) in [6.07, 6.45) is 1.13. The van der Waals surface area contributed by atoms with Crippen molar-refractivity contribution in [3.8, 4) is 17.2 Å². The number of benzene rings is 1. The summed E-state index contributed by atoms with van der Waals surface area (Å²) in [7, 11) is 0. The molecular formula is C17H20O7. The lowest BCUT2D eigenvalue weighted by atomic mass is 9.77. The highest BCUT2D eigenvalue weighted by Crippen LogP contribution is 2.62. The molecular weight excluding hydrogens is 316 g/mol. The monoisotopic (exact) mass is 336 g/mol. The molecule has 1 saturated carbocycles. The number of phenolic OH excluding ortho intramolecular Hbond substituents is 1. The second kappa shape index (κ2) is 4.50. The zero-order valence-corrected chi connectivity index (χ0v) is 13.6. The predicted octanol–water partition coefficient (Wildman–Crippen LogP) is 0.374. The molecule has 0 saturated heterocycles. The van der Waals surface area contributed by atoms with Crippen molar-refractivity contribution in [3.63, 3.8) is 0 Å². The molecule has 7 heteroatoms. The Bertz CT molecular complexity index is 781. The molecule has 4 rings (SSSR count). The van der Waals surface area contributed by atoms with Gasteiger partial charge >= 0.3 is 0 Å². The van der Waals surface area contributed by atoms with E-state index in [1.807, 2.05) is 0 Å². The standard InChI is InChI=1S/C17H18O6.H2O/c1-8-4-10(18)13-11(5-8)22-17(23-13)14-9(2)6-12(19)16(17,21)7-15(14,3)20;/h4-6,14,18,20-21H,7H2,1-3H3;1H2/t14-,15-,16+,17+;/m0./s1. The summed E-state index contributed by atoms with van der Waals surface area (Å²) >= 11 is 0. The number of carbonyl (C=O) groups is 1. The van der Waals surface area contributed by atoms with Gasteiger partial charge in [0.1, 0.15) is 0 Å². The van der Waals surface area contributed by atoms with Crippen LogP contribution in [0.4, 0.5) is 0 Å². The molecule has 2 aliphatic carbocycles. The quantitative estimate of drug-likeness (QED) is 0.628. The number of fused-ring (bicyclic) bond motifs is 1. The van der Waals surface area contributed by atoms with Crippen molar-refractivity contribution < 1.29 is 35.1 Å². The molecule has 0 unspecified atom stereocenters. The van der Waals surface area contributed by atoms with Gasteiger partial charge in [0, 0.05) is 6.42 Å². The maximum atomic E-state index is 12.5. The van der Waals surface area contributed by atoms with E-state index in [0.29, 0.717) is 5.57 Å². The van der Waals surface area contributed by atoms with Crippen LogP contribution in [0.1, 0.15) is 25.8 Å². The Hall–Kier alpha value is -2.09. The van der Waals surface area contributed by atoms with Gasteiger partial charge in [0.15, 0.2) is 17.3 Å². The summed E-state index contributed by atoms with van der Waals surface area (Å²) < 4.78 is 11.8. The number of ether oxygens (including phenoxy) is 2. The van der Waals surface area contributed by atoms with Gasteiger partial charge in [-0.3, -0.25) is 4.79 Å². The molecule has 0 aromatic heterocycles. The second-order valence-electron chi connectivity index (χ2n) is 7.06. The topological polar surface area (TPSA) is 128 Å². The van der Waals surface area contributed by atoms with Crippen LogP contribution in [0.25, 0.3) is 0 Å². The predicted molar refractivity (Wildman–Crippen MR) is 82.9 cm³/mol. The van der Waals surface area contributed by atoms with Crippen LogP contribution in [-0.2, 0) is 4.79 Å². The molecule has 24 heavy (non-hydrogen) atoms. The minimum atomic E-state index is -2.01. The van der Waals surface area contributed by atoms with Gasteiger partial charge in [-0.05, 0) is 44.5 Å². The van der Waals surface area contributed by atoms with Crippen LogP contribution in [0.5, 0.6) is 17.2 Å². The molecule has 1 aliphatic heterocycles. The van der Waals surface area contributed by atoms with Gasteiger partial charge < -0.3 is 30.3 Å². The van der Waals surface area contributed by atoms with Crippen molar-refractivity contribution in [3.05, 3.63) is 29.3 Å². The summed E-state index contributed by atoms with van der Waals surface area (Å²) in [6, 6.07) is 3.18. The molecule has 0 amide bonds. The number of carbonyl (C=O) groups excluding carboxylic acids is 1. The van der Waals surface area contributed by atoms with Gasteiger partial charge in [-0.15, -0.1) is 0 Å². The number of ketones is 1. The van der Waals surface area contributed by atoms with E-state index >= 15 is 0 Å². The summed E-state index contributed by atoms with van der Waals surface area (Å²) in [4.78, 5) is 12.5. The van der Waals surface area contributed by atoms with E-state index < -0.39 is 28.7 Å². The van der Waals surface area contributed by atoms with E-state index in [2.05, 4.69) is 0 Å². The van der Waals surface area contributed by atoms with Crippen molar-refractivity contribution in [2.75, 3.05) is 0 Å². The molecule has 130 valence electrons. The molecule has 1 spiro atoms. The first-order chi connectivity index (χ1) is 10.6. The maximum absolute atomic E-state index is 12.5. The van der Waals surface area contributed by atoms with Gasteiger partial charge in [0.25, 0.3) is 5.79 Å². The lowest BCUT2D eigenvalue weighted by molar-refractivity contribution is -0.219. The lowest BCUT2D eigenvalue weighted by Crippen LogP contribution is -2.65. The summed E-state index contributed by atoms with van der Waals surface area (Å²) in [6.45, 7) is 5.03. The Balaban J connectivity index is 0.00000169. The zero-order valence-electron chi connectivity index (χ0n) is 13.6. The third-order valence-corrected chi connectivity index (χ3v) is 5.11. The van der Waals surface area contributed by atoms with Crippen LogP contribution in [0.15, 0.2) is 23.8 Å². The van der Waals surface area contributed by atoms with Crippen LogP contribution >= 0.6 is 0 Å². The number of rotatable bonds is 0. The van der Waals surface area contributed by atoms with E-state index in [9.17, 15) is 20.1 Å². The lowest BCUT2D eigenvalue weighted by Gasteiger charge is -2.42. The molecule has 1 fully saturated rings. The second-order valence-corrected chi connectivity index (χ2v) is 7.06. The van der Waals surface area contributed by atoms with E-state index in [-0.39, 0.29) is 29.1 Å². The van der Waals surface area contributed by atoms with Crippen LogP contribution in [0.3, 0.4) is 0 Å². The Morgan fingerprint density at radius 1 is 1.21 bits per heavy atom. The largest absolute Gasteiger partial charge is 0.504 e. The highest BCUT2D eigenvalue weighted by molar-refractivity contribution is 6.01. The van der Waals surface area contributed by atoms with Crippen molar-refractivity contribution >= 4 is 5.78 Å². The fourth-order valence-electron chi connectivity index (χ4n) is 4.37. The average molecular weight is 336 g/mol. The minimum Gasteiger partial charge on any atom is -0.504 e. The first-order valence-corrected chi connectivity index (χ1v) is 7.50. The summed E-state index contributed by atoms with van der Waals surface area (Å²) in [5.41, 5.74) is -2.07. The molecule has 1 heterocycles. The van der Waals surface area contributed by atoms with Gasteiger partial charge in [0.05, 0.1) is 11.5 Å². The first-order valence-electron chi connectivity index (χ1n) is 7.50. The van der Waals surface area contributed by atoms with Crippen LogP contribution < -0.4 is 9.47 Å². The van der Waals surface area contributed by atoms with Crippen molar-refractivity contribution in [1.29, 1.82) is 0 Å². The molecule has 2 bridgehead atoms. The normalized spacial score (nSPS) is 39.0. The van der Waals surface area contributed by atoms with Gasteiger partial charge in [-0.2, -0.15) is 0 Å². The van der Waals surface area contributed by atoms with Crippen molar-refractivity contribution in [2.45, 2.75) is 44.2 Å². The maximum Gasteiger partial charge on any atom is 0.297 e. The number of phenols is 1. The first kappa shape index (κ1) is 16.8. The molecule has 1 aromatic rings. The molecule has 4 atom stereocenters. The highest BCUT2D eigenvalue weighted by Gasteiger charge is 2.78. The Labute approximate surface area is 138 Å². The number of hydrogen-bond donors (Lipinski definition) is 3. The van der Waals surface area contributed by atoms with Gasteiger partial charge in [0.2, 0.25) is 11.4 Å².